The average molecular weight is 145 g/mol. The minimum atomic E-state index is -0.855. The lowest BCUT2D eigenvalue weighted by Crippen LogP contribution is -2.28. The van der Waals surface area contributed by atoms with Crippen LogP contribution in [0, 0.1) is 5.92 Å². The van der Waals surface area contributed by atoms with Crippen LogP contribution in [0.3, 0.4) is 0 Å². The van der Waals surface area contributed by atoms with Crippen molar-refractivity contribution < 1.29 is 15.0 Å². The van der Waals surface area contributed by atoms with E-state index in [4.69, 9.17) is 15.9 Å². The fraction of sp³-hybridized carbons (Fsp3) is 0.833. The predicted octanol–water partition coefficient (Wildman–Crippen LogP) is -0.831. The molecule has 58 valence electrons. The molecule has 0 spiro atoms. The highest BCUT2D eigenvalue weighted by Gasteiger charge is 2.34. The van der Waals surface area contributed by atoms with Crippen LogP contribution in [-0.4, -0.2) is 28.3 Å². The summed E-state index contributed by atoms with van der Waals surface area (Å²) in [6.07, 6.45) is 0.0774. The van der Waals surface area contributed by atoms with E-state index in [0.717, 1.165) is 0 Å². The Labute approximate surface area is 58.6 Å². The van der Waals surface area contributed by atoms with Crippen molar-refractivity contribution in [3.8, 4) is 0 Å². The molecular formula is C6H11NO3. The van der Waals surface area contributed by atoms with E-state index in [-0.39, 0.29) is 6.04 Å². The van der Waals surface area contributed by atoms with Crippen LogP contribution in [0.2, 0.25) is 0 Å². The van der Waals surface area contributed by atoms with Gasteiger partial charge in [0.2, 0.25) is 0 Å². The molecule has 0 amide bonds. The molecule has 0 aromatic rings. The van der Waals surface area contributed by atoms with E-state index in [1.165, 1.54) is 0 Å². The van der Waals surface area contributed by atoms with Crippen LogP contribution >= 0.6 is 0 Å². The van der Waals surface area contributed by atoms with E-state index in [9.17, 15) is 4.79 Å². The average Bonchev–Trinajstić information content (AvgIpc) is 2.13. The first kappa shape index (κ1) is 7.50. The molecule has 1 fully saturated rings. The lowest BCUT2D eigenvalue weighted by Gasteiger charge is -2.04. The van der Waals surface area contributed by atoms with Crippen molar-refractivity contribution in [1.29, 1.82) is 0 Å². The van der Waals surface area contributed by atoms with Crippen LogP contribution in [-0.2, 0) is 4.79 Å². The van der Waals surface area contributed by atoms with Crippen LogP contribution in [0.4, 0.5) is 0 Å². The number of aliphatic hydroxyl groups is 1. The Morgan fingerprint density at radius 2 is 2.10 bits per heavy atom. The summed E-state index contributed by atoms with van der Waals surface area (Å²) in [5.74, 6) is -1.29. The molecule has 4 nitrogen and oxygen atoms in total. The van der Waals surface area contributed by atoms with Gasteiger partial charge >= 0.3 is 5.97 Å². The highest BCUT2D eigenvalue weighted by atomic mass is 16.4. The Hall–Kier alpha value is -0.610. The normalized spacial score (nSPS) is 40.0. The number of carbonyl (C=O) groups is 1. The van der Waals surface area contributed by atoms with Crippen LogP contribution in [0.25, 0.3) is 0 Å². The Kier molecular flexibility index (Phi) is 1.92. The largest absolute Gasteiger partial charge is 0.481 e. The maximum absolute atomic E-state index is 10.3. The zero-order valence-corrected chi connectivity index (χ0v) is 5.53. The SMILES string of the molecule is N[C@@H]1C[C@@H](C(=O)O)C[C@H]1O. The van der Waals surface area contributed by atoms with Gasteiger partial charge in [-0.05, 0) is 12.8 Å². The van der Waals surface area contributed by atoms with E-state index in [1.54, 1.807) is 0 Å². The molecule has 0 aromatic carbocycles. The summed E-state index contributed by atoms with van der Waals surface area (Å²) in [4.78, 5) is 10.3. The second kappa shape index (κ2) is 2.56. The molecule has 1 aliphatic rings. The molecule has 0 aromatic heterocycles. The van der Waals surface area contributed by atoms with Crippen molar-refractivity contribution in [3.05, 3.63) is 0 Å². The first-order chi connectivity index (χ1) is 4.61. The standard InChI is InChI=1S/C6H11NO3/c7-4-1-3(6(9)10)2-5(4)8/h3-5,8H,1-2,7H2,(H,9,10)/t3-,4-,5-/m1/s1. The number of aliphatic carboxylic acids is 1. The van der Waals surface area contributed by atoms with Gasteiger partial charge in [0.05, 0.1) is 12.0 Å². The molecule has 3 atom stereocenters. The molecule has 10 heavy (non-hydrogen) atoms. The first-order valence-corrected chi connectivity index (χ1v) is 3.27. The Morgan fingerprint density at radius 1 is 1.50 bits per heavy atom. The van der Waals surface area contributed by atoms with Crippen LogP contribution in [0.1, 0.15) is 12.8 Å². The Balaban J connectivity index is 2.49. The van der Waals surface area contributed by atoms with Gasteiger partial charge in [-0.15, -0.1) is 0 Å². The molecular weight excluding hydrogens is 134 g/mol. The van der Waals surface area contributed by atoms with Crippen molar-refractivity contribution in [2.45, 2.75) is 25.0 Å². The van der Waals surface area contributed by atoms with Crippen molar-refractivity contribution in [2.24, 2.45) is 11.7 Å². The van der Waals surface area contributed by atoms with Gasteiger partial charge in [-0.3, -0.25) is 4.79 Å². The third kappa shape index (κ3) is 1.27. The van der Waals surface area contributed by atoms with Crippen molar-refractivity contribution in [1.82, 2.24) is 0 Å². The third-order valence-corrected chi connectivity index (χ3v) is 1.93. The number of hydrogen-bond acceptors (Lipinski definition) is 3. The smallest absolute Gasteiger partial charge is 0.306 e. The minimum absolute atomic E-state index is 0.302. The van der Waals surface area contributed by atoms with Crippen molar-refractivity contribution >= 4 is 5.97 Å². The lowest BCUT2D eigenvalue weighted by molar-refractivity contribution is -0.141. The number of hydrogen-bond donors (Lipinski definition) is 3. The van der Waals surface area contributed by atoms with Gasteiger partial charge in [0.1, 0.15) is 0 Å². The summed E-state index contributed by atoms with van der Waals surface area (Å²) in [6.45, 7) is 0. The van der Waals surface area contributed by atoms with Gasteiger partial charge in [0.15, 0.2) is 0 Å². The highest BCUT2D eigenvalue weighted by Crippen LogP contribution is 2.24. The summed E-state index contributed by atoms with van der Waals surface area (Å²) in [5.41, 5.74) is 5.39. The monoisotopic (exact) mass is 145 g/mol. The zero-order chi connectivity index (χ0) is 7.72. The van der Waals surface area contributed by atoms with Gasteiger partial charge in [-0.25, -0.2) is 0 Å². The fourth-order valence-electron chi connectivity index (χ4n) is 1.25. The van der Waals surface area contributed by atoms with E-state index in [2.05, 4.69) is 0 Å². The fourth-order valence-corrected chi connectivity index (χ4v) is 1.25. The quantitative estimate of drug-likeness (QED) is 0.449. The molecule has 4 N–H and O–H groups in total. The second-order valence-corrected chi connectivity index (χ2v) is 2.74. The van der Waals surface area contributed by atoms with Gasteiger partial charge < -0.3 is 15.9 Å². The first-order valence-electron chi connectivity index (χ1n) is 3.27. The number of rotatable bonds is 1. The zero-order valence-electron chi connectivity index (χ0n) is 5.53. The molecule has 1 saturated carbocycles. The van der Waals surface area contributed by atoms with E-state index < -0.39 is 18.0 Å². The number of carboxylic acid groups (broad SMARTS) is 1. The summed E-state index contributed by atoms with van der Waals surface area (Å²) in [7, 11) is 0. The van der Waals surface area contributed by atoms with Gasteiger partial charge in [-0.1, -0.05) is 0 Å². The molecule has 0 unspecified atom stereocenters. The van der Waals surface area contributed by atoms with Crippen molar-refractivity contribution in [2.75, 3.05) is 0 Å². The molecule has 0 radical (unpaired) electrons. The van der Waals surface area contributed by atoms with Crippen LogP contribution < -0.4 is 5.73 Å². The number of nitrogens with two attached hydrogens (primary N) is 1. The number of carboxylic acids is 1. The summed E-state index contributed by atoms with van der Waals surface area (Å²) < 4.78 is 0. The molecule has 0 aliphatic heterocycles. The third-order valence-electron chi connectivity index (χ3n) is 1.93. The van der Waals surface area contributed by atoms with Crippen LogP contribution in [0.15, 0.2) is 0 Å². The van der Waals surface area contributed by atoms with Crippen LogP contribution in [0.5, 0.6) is 0 Å². The maximum atomic E-state index is 10.3. The summed E-state index contributed by atoms with van der Waals surface area (Å²) >= 11 is 0. The van der Waals surface area contributed by atoms with Gasteiger partial charge in [0.25, 0.3) is 0 Å². The van der Waals surface area contributed by atoms with Gasteiger partial charge in [-0.2, -0.15) is 0 Å². The van der Waals surface area contributed by atoms with E-state index >= 15 is 0 Å². The summed E-state index contributed by atoms with van der Waals surface area (Å²) in [5, 5.41) is 17.5. The topological polar surface area (TPSA) is 83.6 Å². The maximum Gasteiger partial charge on any atom is 0.306 e. The van der Waals surface area contributed by atoms with E-state index in [1.807, 2.05) is 0 Å². The van der Waals surface area contributed by atoms with E-state index in [0.29, 0.717) is 12.8 Å². The molecule has 0 saturated heterocycles. The minimum Gasteiger partial charge on any atom is -0.481 e. The highest BCUT2D eigenvalue weighted by molar-refractivity contribution is 5.70. The Morgan fingerprint density at radius 3 is 2.30 bits per heavy atom. The second-order valence-electron chi connectivity index (χ2n) is 2.74. The molecule has 4 heteroatoms. The van der Waals surface area contributed by atoms with Gasteiger partial charge in [0, 0.05) is 6.04 Å². The lowest BCUT2D eigenvalue weighted by atomic mass is 10.1. The van der Waals surface area contributed by atoms with Crippen molar-refractivity contribution in [3.63, 3.8) is 0 Å². The molecule has 1 aliphatic carbocycles. The summed E-state index contributed by atoms with van der Waals surface area (Å²) in [6, 6.07) is -0.346. The Bertz CT molecular complexity index is 138. The predicted molar refractivity (Wildman–Crippen MR) is 34.3 cm³/mol. The molecule has 0 bridgehead atoms. The number of aliphatic hydroxyl groups excluding tert-OH is 1. The molecule has 1 rings (SSSR count). The molecule has 0 heterocycles.